The molecule has 106 valence electrons. The lowest BCUT2D eigenvalue weighted by Crippen LogP contribution is -2.31. The molecule has 1 heterocycles. The van der Waals surface area contributed by atoms with Crippen LogP contribution in [0.3, 0.4) is 0 Å². The number of hydrogen-bond donors (Lipinski definition) is 2. The van der Waals surface area contributed by atoms with Crippen LogP contribution in [0.5, 0.6) is 5.75 Å². The first-order chi connectivity index (χ1) is 9.78. The van der Waals surface area contributed by atoms with Gasteiger partial charge in [-0.3, -0.25) is 4.90 Å². The molecule has 0 spiro atoms. The average molecular weight is 271 g/mol. The molecular formula is C16H21N3O. The van der Waals surface area contributed by atoms with Crippen molar-refractivity contribution < 1.29 is 5.11 Å². The predicted molar refractivity (Wildman–Crippen MR) is 82.2 cm³/mol. The van der Waals surface area contributed by atoms with Crippen LogP contribution in [0, 0.1) is 0 Å². The fraction of sp³-hybridized carbons (Fsp3) is 0.438. The van der Waals surface area contributed by atoms with Gasteiger partial charge >= 0.3 is 0 Å². The molecule has 0 aliphatic heterocycles. The predicted octanol–water partition coefficient (Wildman–Crippen LogP) is 2.84. The number of benzene rings is 1. The molecule has 20 heavy (non-hydrogen) atoms. The Labute approximate surface area is 119 Å². The van der Waals surface area contributed by atoms with E-state index in [-0.39, 0.29) is 5.75 Å². The molecule has 1 aromatic heterocycles. The van der Waals surface area contributed by atoms with E-state index in [0.29, 0.717) is 0 Å². The molecule has 0 radical (unpaired) electrons. The Morgan fingerprint density at radius 2 is 2.20 bits per heavy atom. The minimum absolute atomic E-state index is 0.279. The smallest absolute Gasteiger partial charge is 0.133 e. The maximum atomic E-state index is 9.62. The van der Waals surface area contributed by atoms with E-state index >= 15 is 0 Å². The average Bonchev–Trinajstić information content (AvgIpc) is 3.28. The third-order valence-corrected chi connectivity index (χ3v) is 3.91. The van der Waals surface area contributed by atoms with Gasteiger partial charge in [-0.05, 0) is 43.0 Å². The van der Waals surface area contributed by atoms with Gasteiger partial charge in [0.05, 0.1) is 0 Å². The number of nitrogens with zero attached hydrogens (tertiary/aromatic N) is 2. The summed E-state index contributed by atoms with van der Waals surface area (Å²) in [6.07, 6.45) is 4.49. The quantitative estimate of drug-likeness (QED) is 0.848. The summed E-state index contributed by atoms with van der Waals surface area (Å²) in [5, 5.41) is 15.1. The van der Waals surface area contributed by atoms with Crippen LogP contribution >= 0.6 is 0 Å². The largest absolute Gasteiger partial charge is 0.508 e. The highest BCUT2D eigenvalue weighted by molar-refractivity contribution is 5.92. The summed E-state index contributed by atoms with van der Waals surface area (Å²) in [6, 6.07) is 8.15. The Bertz CT molecular complexity index is 595. The zero-order valence-electron chi connectivity index (χ0n) is 11.8. The van der Waals surface area contributed by atoms with E-state index in [1.165, 1.54) is 12.8 Å². The van der Waals surface area contributed by atoms with Gasteiger partial charge in [0, 0.05) is 30.7 Å². The second kappa shape index (κ2) is 5.67. The van der Waals surface area contributed by atoms with E-state index in [1.54, 1.807) is 18.3 Å². The van der Waals surface area contributed by atoms with Crippen LogP contribution in [0.25, 0.3) is 10.8 Å². The van der Waals surface area contributed by atoms with Crippen molar-refractivity contribution >= 4 is 16.6 Å². The molecule has 4 heteroatoms. The molecule has 1 aliphatic rings. The maximum absolute atomic E-state index is 9.62. The number of phenolic OH excluding ortho intramolecular Hbond substituents is 1. The highest BCUT2D eigenvalue weighted by Crippen LogP contribution is 2.27. The first kappa shape index (κ1) is 13.2. The summed E-state index contributed by atoms with van der Waals surface area (Å²) in [4.78, 5) is 6.90. The number of pyridine rings is 1. The fourth-order valence-corrected chi connectivity index (χ4v) is 2.65. The molecule has 1 aromatic carbocycles. The van der Waals surface area contributed by atoms with Gasteiger partial charge in [-0.1, -0.05) is 13.0 Å². The minimum Gasteiger partial charge on any atom is -0.508 e. The number of phenols is 1. The van der Waals surface area contributed by atoms with Crippen LogP contribution in [-0.2, 0) is 0 Å². The van der Waals surface area contributed by atoms with Crippen LogP contribution in [0.1, 0.15) is 19.8 Å². The lowest BCUT2D eigenvalue weighted by atomic mass is 10.1. The van der Waals surface area contributed by atoms with Crippen LogP contribution < -0.4 is 5.32 Å². The summed E-state index contributed by atoms with van der Waals surface area (Å²) in [5.74, 6) is 1.13. The summed E-state index contributed by atoms with van der Waals surface area (Å²) in [7, 11) is 0. The number of likely N-dealkylation sites (N-methyl/N-ethyl adjacent to an activating group) is 1. The Hall–Kier alpha value is -1.81. The summed E-state index contributed by atoms with van der Waals surface area (Å²) in [5.41, 5.74) is 0. The molecule has 1 saturated carbocycles. The minimum atomic E-state index is 0.279. The van der Waals surface area contributed by atoms with Crippen molar-refractivity contribution in [2.45, 2.75) is 25.8 Å². The van der Waals surface area contributed by atoms with Crippen LogP contribution in [-0.4, -0.2) is 40.7 Å². The van der Waals surface area contributed by atoms with Crippen molar-refractivity contribution in [1.82, 2.24) is 9.88 Å². The van der Waals surface area contributed by atoms with Crippen molar-refractivity contribution in [1.29, 1.82) is 0 Å². The van der Waals surface area contributed by atoms with E-state index < -0.39 is 0 Å². The van der Waals surface area contributed by atoms with Crippen molar-refractivity contribution in [3.05, 3.63) is 30.5 Å². The van der Waals surface area contributed by atoms with Crippen molar-refractivity contribution in [2.75, 3.05) is 25.0 Å². The maximum Gasteiger partial charge on any atom is 0.133 e. The van der Waals surface area contributed by atoms with Gasteiger partial charge in [-0.25, -0.2) is 4.98 Å². The molecule has 3 rings (SSSR count). The van der Waals surface area contributed by atoms with E-state index in [4.69, 9.17) is 0 Å². The van der Waals surface area contributed by atoms with Crippen molar-refractivity contribution in [2.24, 2.45) is 0 Å². The monoisotopic (exact) mass is 271 g/mol. The SMILES string of the molecule is CCN(CCNc1nccc2ccc(O)cc12)C1CC1. The zero-order chi connectivity index (χ0) is 13.9. The number of aromatic nitrogens is 1. The van der Waals surface area contributed by atoms with Crippen LogP contribution in [0.2, 0.25) is 0 Å². The number of aromatic hydroxyl groups is 1. The lowest BCUT2D eigenvalue weighted by molar-refractivity contribution is 0.289. The first-order valence-electron chi connectivity index (χ1n) is 7.33. The number of anilines is 1. The van der Waals surface area contributed by atoms with E-state index in [2.05, 4.69) is 22.1 Å². The number of rotatable bonds is 6. The van der Waals surface area contributed by atoms with E-state index in [1.807, 2.05) is 12.1 Å². The Kier molecular flexibility index (Phi) is 3.74. The molecule has 0 amide bonds. The third kappa shape index (κ3) is 2.85. The molecule has 4 nitrogen and oxygen atoms in total. The Morgan fingerprint density at radius 1 is 1.35 bits per heavy atom. The zero-order valence-corrected chi connectivity index (χ0v) is 11.8. The van der Waals surface area contributed by atoms with Crippen LogP contribution in [0.4, 0.5) is 5.82 Å². The normalized spacial score (nSPS) is 14.9. The molecule has 0 saturated heterocycles. The second-order valence-electron chi connectivity index (χ2n) is 5.35. The van der Waals surface area contributed by atoms with Gasteiger partial charge in [0.15, 0.2) is 0 Å². The first-order valence-corrected chi connectivity index (χ1v) is 7.33. The molecule has 2 aromatic rings. The van der Waals surface area contributed by atoms with E-state index in [0.717, 1.165) is 42.3 Å². The molecular weight excluding hydrogens is 250 g/mol. The molecule has 0 unspecified atom stereocenters. The molecule has 0 bridgehead atoms. The molecule has 0 atom stereocenters. The van der Waals surface area contributed by atoms with E-state index in [9.17, 15) is 5.11 Å². The van der Waals surface area contributed by atoms with Crippen molar-refractivity contribution in [3.8, 4) is 5.75 Å². The van der Waals surface area contributed by atoms with Gasteiger partial charge in [0.2, 0.25) is 0 Å². The summed E-state index contributed by atoms with van der Waals surface area (Å²) in [6.45, 7) is 5.24. The van der Waals surface area contributed by atoms with Gasteiger partial charge in [0.1, 0.15) is 11.6 Å². The highest BCUT2D eigenvalue weighted by Gasteiger charge is 2.27. The Morgan fingerprint density at radius 3 is 2.95 bits per heavy atom. The summed E-state index contributed by atoms with van der Waals surface area (Å²) >= 11 is 0. The molecule has 1 fully saturated rings. The second-order valence-corrected chi connectivity index (χ2v) is 5.35. The van der Waals surface area contributed by atoms with Gasteiger partial charge < -0.3 is 10.4 Å². The number of nitrogens with one attached hydrogen (secondary N) is 1. The van der Waals surface area contributed by atoms with Gasteiger partial charge in [-0.15, -0.1) is 0 Å². The van der Waals surface area contributed by atoms with Gasteiger partial charge in [-0.2, -0.15) is 0 Å². The fourth-order valence-electron chi connectivity index (χ4n) is 2.65. The standard InChI is InChI=1S/C16H21N3O/c1-2-19(13-4-5-13)10-9-18-16-15-11-14(20)6-3-12(15)7-8-17-16/h3,6-8,11,13,20H,2,4-5,9-10H2,1H3,(H,17,18). The summed E-state index contributed by atoms with van der Waals surface area (Å²) < 4.78 is 0. The number of fused-ring (bicyclic) bond motifs is 1. The number of hydrogen-bond acceptors (Lipinski definition) is 4. The third-order valence-electron chi connectivity index (χ3n) is 3.91. The topological polar surface area (TPSA) is 48.4 Å². The van der Waals surface area contributed by atoms with Gasteiger partial charge in [0.25, 0.3) is 0 Å². The van der Waals surface area contributed by atoms with Crippen molar-refractivity contribution in [3.63, 3.8) is 0 Å². The molecule has 1 aliphatic carbocycles. The Balaban J connectivity index is 1.69. The molecule has 2 N–H and O–H groups in total. The lowest BCUT2D eigenvalue weighted by Gasteiger charge is -2.20. The highest BCUT2D eigenvalue weighted by atomic mass is 16.3. The van der Waals surface area contributed by atoms with Crippen LogP contribution in [0.15, 0.2) is 30.5 Å².